The van der Waals surface area contributed by atoms with Crippen LogP contribution in [0.1, 0.15) is 13.8 Å². The van der Waals surface area contributed by atoms with Crippen LogP contribution in [0.3, 0.4) is 0 Å². The second-order valence-electron chi connectivity index (χ2n) is 18.9. The van der Waals surface area contributed by atoms with Crippen molar-refractivity contribution in [1.29, 1.82) is 0 Å². The summed E-state index contributed by atoms with van der Waals surface area (Å²) in [5.74, 6) is -1.31. The van der Waals surface area contributed by atoms with E-state index in [2.05, 4.69) is 10.5 Å². The number of amides is 1. The summed E-state index contributed by atoms with van der Waals surface area (Å²) in [6.07, 6.45) is -34.4. The van der Waals surface area contributed by atoms with E-state index in [0.717, 1.165) is 13.1 Å². The second-order valence-corrected chi connectivity index (χ2v) is 18.9. The first-order valence-corrected chi connectivity index (χ1v) is 24.3. The molecule has 5 saturated heterocycles. The third-order valence-corrected chi connectivity index (χ3v) is 13.7. The number of methoxy groups -OCH3 is 1. The third-order valence-electron chi connectivity index (χ3n) is 13.7. The van der Waals surface area contributed by atoms with Crippen molar-refractivity contribution >= 4 is 12.1 Å². The Balaban J connectivity index is 1.24. The van der Waals surface area contributed by atoms with Gasteiger partial charge in [0.25, 0.3) is 0 Å². The zero-order chi connectivity index (χ0) is 55.6. The Morgan fingerprint density at radius 2 is 0.987 bits per heavy atom. The van der Waals surface area contributed by atoms with E-state index in [1.807, 2.05) is 0 Å². The lowest BCUT2D eigenvalue weighted by molar-refractivity contribution is -0.366. The van der Waals surface area contributed by atoms with E-state index in [1.165, 1.54) is 7.11 Å². The highest BCUT2D eigenvalue weighted by atomic mass is 16.8. The van der Waals surface area contributed by atoms with Gasteiger partial charge in [-0.1, -0.05) is 12.1 Å². The molecule has 5 aliphatic rings. The number of hydrogen-bond acceptors (Lipinski definition) is 32. The molecule has 75 heavy (non-hydrogen) atoms. The van der Waals surface area contributed by atoms with E-state index < -0.39 is 223 Å². The van der Waals surface area contributed by atoms with E-state index in [-0.39, 0.29) is 13.2 Å². The highest BCUT2D eigenvalue weighted by Gasteiger charge is 2.56. The van der Waals surface area contributed by atoms with Gasteiger partial charge in [0.2, 0.25) is 5.91 Å². The van der Waals surface area contributed by atoms with Gasteiger partial charge in [-0.15, -0.1) is 0 Å². The fourth-order valence-electron chi connectivity index (χ4n) is 9.20. The number of ether oxygens (including phenoxy) is 11. The van der Waals surface area contributed by atoms with Crippen LogP contribution in [-0.4, -0.2) is 310 Å². The molecule has 0 aliphatic carbocycles. The maximum absolute atomic E-state index is 12.4. The molecular weight excluding hydrogens is 1020 g/mol. The van der Waals surface area contributed by atoms with Gasteiger partial charge in [-0.05, 0) is 0 Å². The molecule has 33 nitrogen and oxygen atoms in total. The number of nitrogens with one attached hydrogen (secondary N) is 1. The number of aliphatic hydroxyl groups excluding tert-OH is 13. The predicted molar refractivity (Wildman–Crippen MR) is 245 cm³/mol. The summed E-state index contributed by atoms with van der Waals surface area (Å²) in [6, 6.07) is -8.84. The normalized spacial score (nSPS) is 44.5. The number of hydrogen-bond donors (Lipinski definition) is 19. The fourth-order valence-corrected chi connectivity index (χ4v) is 9.20. The van der Waals surface area contributed by atoms with Crippen molar-refractivity contribution in [2.75, 3.05) is 60.0 Å². The van der Waals surface area contributed by atoms with Crippen LogP contribution in [0.15, 0.2) is 5.16 Å². The van der Waals surface area contributed by atoms with E-state index in [0.29, 0.717) is 0 Å². The third kappa shape index (κ3) is 15.0. The number of rotatable bonds is 25. The molecule has 0 aromatic carbocycles. The lowest BCUT2D eigenvalue weighted by atomic mass is 9.89. The van der Waals surface area contributed by atoms with Gasteiger partial charge in [0.1, 0.15) is 104 Å². The van der Waals surface area contributed by atoms with Crippen LogP contribution in [-0.2, 0) is 61.7 Å². The van der Waals surface area contributed by atoms with Crippen molar-refractivity contribution in [2.45, 2.75) is 185 Å². The van der Waals surface area contributed by atoms with Crippen LogP contribution in [0.4, 0.5) is 0 Å². The molecule has 0 radical (unpaired) electrons. The Morgan fingerprint density at radius 3 is 1.41 bits per heavy atom. The molecule has 438 valence electrons. The van der Waals surface area contributed by atoms with Gasteiger partial charge < -0.3 is 157 Å². The maximum Gasteiger partial charge on any atom is 0.217 e. The first kappa shape index (κ1) is 63.6. The SMILES string of the molecule is COCCO/N=C/C(N)C(O)C(OC1OC(CO)C(OC2OC(CO)C(OC3OC(CO)C(OC4OC(CO)C(OC5OC(CO)C(C)C(O)C5N)C(O)C4NC(C)=O)C(O)C3N)C(O)C2N)C(O)C1N)C(O)CO. The monoisotopic (exact) mass is 1100 g/mol. The first-order chi connectivity index (χ1) is 35.6. The topological polar surface area (TPSA) is 545 Å². The number of aliphatic hydroxyl groups is 13. The first-order valence-electron chi connectivity index (χ1n) is 24.3. The van der Waals surface area contributed by atoms with Crippen molar-refractivity contribution in [3.8, 4) is 0 Å². The van der Waals surface area contributed by atoms with Crippen LogP contribution in [0.2, 0.25) is 0 Å². The minimum absolute atomic E-state index is 0.0503. The van der Waals surface area contributed by atoms with Crippen molar-refractivity contribution in [3.63, 3.8) is 0 Å². The lowest BCUT2D eigenvalue weighted by Crippen LogP contribution is -2.71. The summed E-state index contributed by atoms with van der Waals surface area (Å²) in [7, 11) is 1.44. The molecule has 5 heterocycles. The van der Waals surface area contributed by atoms with E-state index in [1.54, 1.807) is 6.92 Å². The van der Waals surface area contributed by atoms with Crippen LogP contribution in [0, 0.1) is 5.92 Å². The number of carbonyl (C=O) groups is 1. The highest BCUT2D eigenvalue weighted by Crippen LogP contribution is 2.36. The summed E-state index contributed by atoms with van der Waals surface area (Å²) in [6.45, 7) is -2.03. The maximum atomic E-state index is 12.4. The number of carbonyl (C=O) groups excluding carboxylic acids is 1. The minimum Gasteiger partial charge on any atom is -0.394 e. The summed E-state index contributed by atoms with van der Waals surface area (Å²) in [5, 5.41) is 146. The molecule has 0 saturated carbocycles. The van der Waals surface area contributed by atoms with Crippen LogP contribution < -0.4 is 34.0 Å². The average Bonchev–Trinajstić information content (AvgIpc) is 3.39. The van der Waals surface area contributed by atoms with Gasteiger partial charge in [-0.3, -0.25) is 4.79 Å². The van der Waals surface area contributed by atoms with Gasteiger partial charge in [0.15, 0.2) is 31.5 Å². The van der Waals surface area contributed by atoms with Crippen molar-refractivity contribution in [3.05, 3.63) is 0 Å². The van der Waals surface area contributed by atoms with Gasteiger partial charge in [-0.2, -0.15) is 0 Å². The molecule has 5 rings (SSSR count). The number of nitrogens with zero attached hydrogens (tertiary/aromatic N) is 1. The summed E-state index contributed by atoms with van der Waals surface area (Å²) >= 11 is 0. The molecule has 5 aliphatic heterocycles. The largest absolute Gasteiger partial charge is 0.394 e. The Labute approximate surface area is 430 Å². The zero-order valence-corrected chi connectivity index (χ0v) is 41.4. The average molecular weight is 1100 g/mol. The van der Waals surface area contributed by atoms with Gasteiger partial charge in [0, 0.05) is 20.0 Å². The molecule has 0 aromatic heterocycles. The smallest absolute Gasteiger partial charge is 0.217 e. The van der Waals surface area contributed by atoms with Crippen LogP contribution >= 0.6 is 0 Å². The molecule has 1 amide bonds. The van der Waals surface area contributed by atoms with Crippen molar-refractivity contribution in [2.24, 2.45) is 39.7 Å². The van der Waals surface area contributed by atoms with Gasteiger partial charge in [0.05, 0.1) is 94.9 Å². The van der Waals surface area contributed by atoms with E-state index >= 15 is 0 Å². The van der Waals surface area contributed by atoms with Crippen LogP contribution in [0.5, 0.6) is 0 Å². The number of oxime groups is 1. The quantitative estimate of drug-likeness (QED) is 0.0229. The minimum atomic E-state index is -1.84. The summed E-state index contributed by atoms with van der Waals surface area (Å²) in [5.41, 5.74) is 31.2. The standard InChI is InChI=1S/C42H79N7O26/c1-13-17(8-51)66-38(22(44)27(13)58)74-37-21(12-55)70-42(26(32(37)63)49-14(2)56)75-36-20(11-54)69-41(25(47)31(36)62)73-35-19(10-53)68-40(24(46)30(35)61)72-34-18(9-52)67-39(23(45)29(34)60)71-33(16(57)7-50)28(59)15(43)6-48-65-5-4-64-3/h6,13,15-42,50-55,57-63H,4-5,7-12,43-47H2,1-3H3,(H,49,56)/b48-6+. The molecule has 0 bridgehead atoms. The highest BCUT2D eigenvalue weighted by molar-refractivity contribution is 5.73. The second kappa shape index (κ2) is 29.3. The molecular formula is C42H79N7O26. The molecule has 33 heteroatoms. The summed E-state index contributed by atoms with van der Waals surface area (Å²) in [4.78, 5) is 17.4. The Hall–Kier alpha value is -2.22. The Bertz CT molecular complexity index is 1720. The zero-order valence-electron chi connectivity index (χ0n) is 41.4. The van der Waals surface area contributed by atoms with E-state index in [9.17, 15) is 71.2 Å². The Kier molecular flexibility index (Phi) is 24.9. The van der Waals surface area contributed by atoms with Crippen molar-refractivity contribution in [1.82, 2.24) is 5.32 Å². The van der Waals surface area contributed by atoms with Crippen molar-refractivity contribution < 1.29 is 128 Å². The number of nitrogens with two attached hydrogens (primary N) is 5. The molecule has 24 N–H and O–H groups in total. The molecule has 0 spiro atoms. The molecule has 29 unspecified atom stereocenters. The van der Waals surface area contributed by atoms with Crippen LogP contribution in [0.25, 0.3) is 0 Å². The molecule has 5 fully saturated rings. The van der Waals surface area contributed by atoms with Gasteiger partial charge in [-0.25, -0.2) is 0 Å². The lowest BCUT2D eigenvalue weighted by Gasteiger charge is -2.50. The summed E-state index contributed by atoms with van der Waals surface area (Å²) < 4.78 is 63.7. The Morgan fingerprint density at radius 1 is 0.600 bits per heavy atom. The molecule has 29 atom stereocenters. The molecule has 0 aromatic rings. The van der Waals surface area contributed by atoms with Gasteiger partial charge >= 0.3 is 0 Å². The fraction of sp³-hybridized carbons (Fsp3) is 0.952. The predicted octanol–water partition coefficient (Wildman–Crippen LogP) is -12.6. The van der Waals surface area contributed by atoms with E-state index in [4.69, 9.17) is 85.6 Å².